The molecule has 0 radical (unpaired) electrons. The van der Waals surface area contributed by atoms with Crippen molar-refractivity contribution in [3.8, 4) is 23.0 Å². The highest BCUT2D eigenvalue weighted by Crippen LogP contribution is 2.31. The van der Waals surface area contributed by atoms with Gasteiger partial charge in [-0.1, -0.05) is 24.3 Å². The molecule has 2 aromatic rings. The van der Waals surface area contributed by atoms with Crippen LogP contribution in [0.1, 0.15) is 0 Å². The second-order valence-corrected chi connectivity index (χ2v) is 6.40. The van der Waals surface area contributed by atoms with Gasteiger partial charge in [0.25, 0.3) is 0 Å². The number of rotatable bonds is 7. The number of ether oxygens (including phenoxy) is 4. The minimum absolute atomic E-state index is 0.0384. The Bertz CT molecular complexity index is 663. The first-order valence-corrected chi connectivity index (χ1v) is 9.07. The summed E-state index contributed by atoms with van der Waals surface area (Å²) in [7, 11) is 0. The Labute approximate surface area is 153 Å². The van der Waals surface area contributed by atoms with E-state index < -0.39 is 0 Å². The molecule has 138 valence electrons. The molecule has 0 aromatic heterocycles. The highest BCUT2D eigenvalue weighted by molar-refractivity contribution is 5.41. The maximum Gasteiger partial charge on any atom is 0.161 e. The molecule has 26 heavy (non-hydrogen) atoms. The van der Waals surface area contributed by atoms with E-state index in [-0.39, 0.29) is 12.2 Å². The van der Waals surface area contributed by atoms with Crippen LogP contribution in [0.25, 0.3) is 0 Å². The highest BCUT2D eigenvalue weighted by atomic mass is 16.6. The Kier molecular flexibility index (Phi) is 5.42. The summed E-state index contributed by atoms with van der Waals surface area (Å²) >= 11 is 0. The van der Waals surface area contributed by atoms with Gasteiger partial charge in [-0.15, -0.1) is 0 Å². The van der Waals surface area contributed by atoms with Crippen molar-refractivity contribution in [2.24, 2.45) is 0 Å². The van der Waals surface area contributed by atoms with E-state index in [1.54, 1.807) is 0 Å². The van der Waals surface area contributed by atoms with Gasteiger partial charge in [-0.2, -0.15) is 0 Å². The van der Waals surface area contributed by atoms with Gasteiger partial charge in [0, 0.05) is 26.2 Å². The average molecular weight is 356 g/mol. The van der Waals surface area contributed by atoms with Gasteiger partial charge in [-0.05, 0) is 24.3 Å². The molecule has 6 heteroatoms. The number of hydrogen-bond donors (Lipinski definition) is 2. The molecule has 2 aromatic carbocycles. The van der Waals surface area contributed by atoms with Crippen LogP contribution in [0, 0.1) is 0 Å². The van der Waals surface area contributed by atoms with E-state index in [1.165, 1.54) is 0 Å². The third-order valence-corrected chi connectivity index (χ3v) is 4.36. The normalized spacial score (nSPS) is 20.6. The van der Waals surface area contributed by atoms with Crippen molar-refractivity contribution in [2.75, 3.05) is 39.4 Å². The first kappa shape index (κ1) is 17.0. The zero-order valence-electron chi connectivity index (χ0n) is 14.6. The van der Waals surface area contributed by atoms with Gasteiger partial charge >= 0.3 is 0 Å². The van der Waals surface area contributed by atoms with Crippen molar-refractivity contribution in [3.05, 3.63) is 48.5 Å². The summed E-state index contributed by atoms with van der Waals surface area (Å²) in [6.45, 7) is 4.37. The number of fused-ring (bicyclic) bond motifs is 2. The first-order chi connectivity index (χ1) is 12.9. The summed E-state index contributed by atoms with van der Waals surface area (Å²) in [5.41, 5.74) is 0. The summed E-state index contributed by atoms with van der Waals surface area (Å²) in [4.78, 5) is 0. The van der Waals surface area contributed by atoms with Crippen LogP contribution >= 0.6 is 0 Å². The van der Waals surface area contributed by atoms with Crippen LogP contribution in [0.15, 0.2) is 48.5 Å². The quantitative estimate of drug-likeness (QED) is 0.739. The van der Waals surface area contributed by atoms with Crippen LogP contribution < -0.4 is 29.6 Å². The fourth-order valence-electron chi connectivity index (χ4n) is 3.03. The molecule has 2 aliphatic heterocycles. The topological polar surface area (TPSA) is 61.0 Å². The molecule has 6 nitrogen and oxygen atoms in total. The van der Waals surface area contributed by atoms with Crippen LogP contribution in [-0.4, -0.2) is 51.6 Å². The largest absolute Gasteiger partial charge is 0.486 e. The van der Waals surface area contributed by atoms with E-state index >= 15 is 0 Å². The number of para-hydroxylation sites is 4. The highest BCUT2D eigenvalue weighted by Gasteiger charge is 2.21. The zero-order valence-corrected chi connectivity index (χ0v) is 14.6. The Morgan fingerprint density at radius 2 is 1.08 bits per heavy atom. The molecule has 0 bridgehead atoms. The molecule has 0 saturated heterocycles. The SMILES string of the molecule is c1ccc2c(c1)OCC(CNCCNCC1COc3ccccc3O1)O2. The van der Waals surface area contributed by atoms with Crippen LogP contribution in [0.2, 0.25) is 0 Å². The lowest BCUT2D eigenvalue weighted by molar-refractivity contribution is 0.0880. The van der Waals surface area contributed by atoms with Gasteiger partial charge in [-0.3, -0.25) is 0 Å². The Morgan fingerprint density at radius 1 is 0.654 bits per heavy atom. The van der Waals surface area contributed by atoms with Gasteiger partial charge in [0.1, 0.15) is 25.4 Å². The summed E-state index contributed by atoms with van der Waals surface area (Å²) in [6, 6.07) is 15.5. The lowest BCUT2D eigenvalue weighted by Gasteiger charge is -2.27. The molecule has 4 rings (SSSR count). The van der Waals surface area contributed by atoms with E-state index in [0.29, 0.717) is 13.2 Å². The lowest BCUT2D eigenvalue weighted by Crippen LogP contribution is -2.43. The van der Waals surface area contributed by atoms with Gasteiger partial charge in [-0.25, -0.2) is 0 Å². The van der Waals surface area contributed by atoms with Crippen LogP contribution in [-0.2, 0) is 0 Å². The summed E-state index contributed by atoms with van der Waals surface area (Å²) < 4.78 is 23.3. The molecule has 0 amide bonds. The Hall–Kier alpha value is -2.44. The summed E-state index contributed by atoms with van der Waals surface area (Å²) in [6.07, 6.45) is 0.0768. The second kappa shape index (κ2) is 8.29. The standard InChI is InChI=1S/C20H24N2O4/c1-3-7-19-17(5-1)23-13-15(25-19)11-21-9-10-22-12-16-14-24-18-6-2-4-8-20(18)26-16/h1-8,15-16,21-22H,9-14H2. The van der Waals surface area contributed by atoms with Gasteiger partial charge < -0.3 is 29.6 Å². The van der Waals surface area contributed by atoms with E-state index in [2.05, 4.69) is 10.6 Å². The van der Waals surface area contributed by atoms with E-state index in [9.17, 15) is 0 Å². The minimum atomic E-state index is 0.0384. The third-order valence-electron chi connectivity index (χ3n) is 4.36. The van der Waals surface area contributed by atoms with Crippen molar-refractivity contribution < 1.29 is 18.9 Å². The maximum absolute atomic E-state index is 5.92. The van der Waals surface area contributed by atoms with E-state index in [0.717, 1.165) is 49.2 Å². The molecular weight excluding hydrogens is 332 g/mol. The molecule has 2 aliphatic rings. The molecule has 0 aliphatic carbocycles. The van der Waals surface area contributed by atoms with Gasteiger partial charge in [0.15, 0.2) is 23.0 Å². The predicted molar refractivity (Wildman–Crippen MR) is 98.4 cm³/mol. The molecule has 2 unspecified atom stereocenters. The number of benzene rings is 2. The smallest absolute Gasteiger partial charge is 0.161 e. The van der Waals surface area contributed by atoms with Crippen LogP contribution in [0.4, 0.5) is 0 Å². The van der Waals surface area contributed by atoms with Gasteiger partial charge in [0.05, 0.1) is 0 Å². The zero-order chi connectivity index (χ0) is 17.6. The minimum Gasteiger partial charge on any atom is -0.486 e. The van der Waals surface area contributed by atoms with Crippen molar-refractivity contribution in [3.63, 3.8) is 0 Å². The molecule has 2 atom stereocenters. The summed E-state index contributed by atoms with van der Waals surface area (Å²) in [5, 5.41) is 6.80. The van der Waals surface area contributed by atoms with Gasteiger partial charge in [0.2, 0.25) is 0 Å². The third kappa shape index (κ3) is 4.20. The number of hydrogen-bond acceptors (Lipinski definition) is 6. The lowest BCUT2D eigenvalue weighted by atomic mass is 10.2. The van der Waals surface area contributed by atoms with Crippen molar-refractivity contribution in [1.29, 1.82) is 0 Å². The molecule has 0 fully saturated rings. The van der Waals surface area contributed by atoms with Crippen molar-refractivity contribution in [1.82, 2.24) is 10.6 Å². The fourth-order valence-corrected chi connectivity index (χ4v) is 3.03. The van der Waals surface area contributed by atoms with E-state index in [1.807, 2.05) is 48.5 Å². The fraction of sp³-hybridized carbons (Fsp3) is 0.400. The average Bonchev–Trinajstić information content (AvgIpc) is 2.70. The van der Waals surface area contributed by atoms with Crippen LogP contribution in [0.3, 0.4) is 0 Å². The monoisotopic (exact) mass is 356 g/mol. The Balaban J connectivity index is 1.10. The predicted octanol–water partition coefficient (Wildman–Crippen LogP) is 1.85. The summed E-state index contributed by atoms with van der Waals surface area (Å²) in [5.74, 6) is 3.28. The van der Waals surface area contributed by atoms with Crippen molar-refractivity contribution >= 4 is 0 Å². The number of nitrogens with one attached hydrogen (secondary N) is 2. The van der Waals surface area contributed by atoms with Crippen LogP contribution in [0.5, 0.6) is 23.0 Å². The maximum atomic E-state index is 5.92. The molecule has 0 saturated carbocycles. The van der Waals surface area contributed by atoms with Crippen molar-refractivity contribution in [2.45, 2.75) is 12.2 Å². The molecule has 2 N–H and O–H groups in total. The molecule has 2 heterocycles. The second-order valence-electron chi connectivity index (χ2n) is 6.40. The first-order valence-electron chi connectivity index (χ1n) is 9.07. The molecular formula is C20H24N2O4. The molecule has 0 spiro atoms. The Morgan fingerprint density at radius 3 is 1.54 bits per heavy atom. The van der Waals surface area contributed by atoms with E-state index in [4.69, 9.17) is 18.9 Å².